The number of likely N-dealkylation sites (tertiary alicyclic amines) is 1. The molecule has 0 aromatic rings. The third-order valence-electron chi connectivity index (χ3n) is 4.15. The van der Waals surface area contributed by atoms with Crippen molar-refractivity contribution in [2.45, 2.75) is 58.5 Å². The van der Waals surface area contributed by atoms with E-state index in [0.29, 0.717) is 12.6 Å². The van der Waals surface area contributed by atoms with Crippen LogP contribution in [-0.2, 0) is 4.79 Å². The molecule has 4 nitrogen and oxygen atoms in total. The van der Waals surface area contributed by atoms with Crippen molar-refractivity contribution in [3.05, 3.63) is 0 Å². The van der Waals surface area contributed by atoms with Gasteiger partial charge in [0.1, 0.15) is 0 Å². The lowest BCUT2D eigenvalue weighted by Gasteiger charge is -2.32. The number of nitrogens with two attached hydrogens (primary N) is 1. The summed E-state index contributed by atoms with van der Waals surface area (Å²) in [7, 11) is 0. The van der Waals surface area contributed by atoms with Gasteiger partial charge in [-0.05, 0) is 38.8 Å². The van der Waals surface area contributed by atoms with Gasteiger partial charge < -0.3 is 11.1 Å². The van der Waals surface area contributed by atoms with E-state index in [0.717, 1.165) is 19.5 Å². The van der Waals surface area contributed by atoms with Crippen molar-refractivity contribution in [2.24, 2.45) is 11.7 Å². The van der Waals surface area contributed by atoms with Crippen LogP contribution >= 0.6 is 0 Å². The molecule has 1 rings (SSSR count). The number of rotatable bonds is 6. The summed E-state index contributed by atoms with van der Waals surface area (Å²) >= 11 is 0. The van der Waals surface area contributed by atoms with Gasteiger partial charge in [-0.1, -0.05) is 26.7 Å². The van der Waals surface area contributed by atoms with Crippen LogP contribution in [0.15, 0.2) is 0 Å². The minimum atomic E-state index is -0.372. The molecule has 1 aliphatic rings. The van der Waals surface area contributed by atoms with Gasteiger partial charge in [0.05, 0.1) is 6.04 Å². The fourth-order valence-corrected chi connectivity index (χ4v) is 2.37. The Hall–Kier alpha value is -0.610. The fraction of sp³-hybridized carbons (Fsp3) is 0.929. The first-order valence-corrected chi connectivity index (χ1v) is 7.33. The highest BCUT2D eigenvalue weighted by atomic mass is 16.2. The summed E-state index contributed by atoms with van der Waals surface area (Å²) < 4.78 is 0. The van der Waals surface area contributed by atoms with Crippen LogP contribution in [0, 0.1) is 5.92 Å². The van der Waals surface area contributed by atoms with Crippen molar-refractivity contribution in [1.29, 1.82) is 0 Å². The summed E-state index contributed by atoms with van der Waals surface area (Å²) in [5.41, 5.74) is 5.91. The molecular weight excluding hydrogens is 226 g/mol. The molecule has 3 atom stereocenters. The standard InChI is InChI=1S/C14H29N3O/c1-4-11(2)13(15)14(18)16-10-12(3)17-8-6-5-7-9-17/h11-13H,4-10,15H2,1-3H3,(H,16,18). The topological polar surface area (TPSA) is 58.4 Å². The molecule has 1 saturated heterocycles. The van der Waals surface area contributed by atoms with Crippen LogP contribution in [0.5, 0.6) is 0 Å². The first-order chi connectivity index (χ1) is 8.56. The molecule has 1 amide bonds. The Morgan fingerprint density at radius 1 is 1.28 bits per heavy atom. The second-order valence-corrected chi connectivity index (χ2v) is 5.60. The second-order valence-electron chi connectivity index (χ2n) is 5.60. The van der Waals surface area contributed by atoms with Gasteiger partial charge in [-0.25, -0.2) is 0 Å². The average molecular weight is 255 g/mol. The van der Waals surface area contributed by atoms with E-state index in [1.54, 1.807) is 0 Å². The molecule has 0 aliphatic carbocycles. The number of carbonyl (C=O) groups excluding carboxylic acids is 1. The van der Waals surface area contributed by atoms with E-state index in [1.807, 2.05) is 6.92 Å². The van der Waals surface area contributed by atoms with Crippen LogP contribution in [0.4, 0.5) is 0 Å². The maximum atomic E-state index is 11.9. The minimum absolute atomic E-state index is 0.00629. The molecule has 0 aromatic heterocycles. The first-order valence-electron chi connectivity index (χ1n) is 7.33. The number of piperidine rings is 1. The highest BCUT2D eigenvalue weighted by molar-refractivity contribution is 5.81. The Labute approximate surface area is 111 Å². The summed E-state index contributed by atoms with van der Waals surface area (Å²) in [6.45, 7) is 9.30. The first kappa shape index (κ1) is 15.4. The van der Waals surface area contributed by atoms with Gasteiger partial charge >= 0.3 is 0 Å². The van der Waals surface area contributed by atoms with Gasteiger partial charge in [0.2, 0.25) is 5.91 Å². The molecule has 3 N–H and O–H groups in total. The molecule has 106 valence electrons. The third kappa shape index (κ3) is 4.58. The Morgan fingerprint density at radius 3 is 2.44 bits per heavy atom. The normalized spacial score (nSPS) is 22.2. The van der Waals surface area contributed by atoms with E-state index in [1.165, 1.54) is 19.3 Å². The number of amides is 1. The van der Waals surface area contributed by atoms with Crippen molar-refractivity contribution in [1.82, 2.24) is 10.2 Å². The van der Waals surface area contributed by atoms with E-state index in [9.17, 15) is 4.79 Å². The smallest absolute Gasteiger partial charge is 0.237 e. The average Bonchev–Trinajstić information content (AvgIpc) is 2.43. The summed E-state index contributed by atoms with van der Waals surface area (Å²) in [4.78, 5) is 14.3. The zero-order valence-corrected chi connectivity index (χ0v) is 12.1. The minimum Gasteiger partial charge on any atom is -0.353 e. The van der Waals surface area contributed by atoms with E-state index in [4.69, 9.17) is 5.73 Å². The third-order valence-corrected chi connectivity index (χ3v) is 4.15. The van der Waals surface area contributed by atoms with Crippen LogP contribution in [0.3, 0.4) is 0 Å². The maximum Gasteiger partial charge on any atom is 0.237 e. The van der Waals surface area contributed by atoms with E-state index < -0.39 is 0 Å². The number of hydrogen-bond acceptors (Lipinski definition) is 3. The largest absolute Gasteiger partial charge is 0.353 e. The number of carbonyl (C=O) groups is 1. The van der Waals surface area contributed by atoms with Gasteiger partial charge in [0, 0.05) is 12.6 Å². The quantitative estimate of drug-likeness (QED) is 0.753. The fourth-order valence-electron chi connectivity index (χ4n) is 2.37. The van der Waals surface area contributed by atoms with Crippen LogP contribution in [0.25, 0.3) is 0 Å². The Kier molecular flexibility index (Phi) is 6.65. The van der Waals surface area contributed by atoms with Crippen molar-refractivity contribution in [3.63, 3.8) is 0 Å². The number of hydrogen-bond donors (Lipinski definition) is 2. The molecule has 18 heavy (non-hydrogen) atoms. The molecular formula is C14H29N3O. The predicted molar refractivity (Wildman–Crippen MR) is 75.3 cm³/mol. The van der Waals surface area contributed by atoms with Crippen LogP contribution < -0.4 is 11.1 Å². The molecule has 1 heterocycles. The molecule has 4 heteroatoms. The van der Waals surface area contributed by atoms with Gasteiger partial charge in [0.25, 0.3) is 0 Å². The number of nitrogens with zero attached hydrogens (tertiary/aromatic N) is 1. The van der Waals surface area contributed by atoms with Gasteiger partial charge in [-0.3, -0.25) is 9.69 Å². The second kappa shape index (κ2) is 7.74. The van der Waals surface area contributed by atoms with Crippen molar-refractivity contribution < 1.29 is 4.79 Å². The van der Waals surface area contributed by atoms with Gasteiger partial charge in [-0.15, -0.1) is 0 Å². The lowest BCUT2D eigenvalue weighted by atomic mass is 9.99. The van der Waals surface area contributed by atoms with Gasteiger partial charge in [-0.2, -0.15) is 0 Å². The van der Waals surface area contributed by atoms with E-state index >= 15 is 0 Å². The summed E-state index contributed by atoms with van der Waals surface area (Å²) in [5.74, 6) is 0.239. The number of nitrogens with one attached hydrogen (secondary N) is 1. The van der Waals surface area contributed by atoms with E-state index in [2.05, 4.69) is 24.1 Å². The van der Waals surface area contributed by atoms with E-state index in [-0.39, 0.29) is 17.9 Å². The molecule has 0 spiro atoms. The molecule has 0 bridgehead atoms. The Balaban J connectivity index is 2.28. The van der Waals surface area contributed by atoms with Crippen molar-refractivity contribution in [3.8, 4) is 0 Å². The van der Waals surface area contributed by atoms with Crippen LogP contribution in [-0.4, -0.2) is 42.5 Å². The Bertz CT molecular complexity index is 251. The van der Waals surface area contributed by atoms with Crippen molar-refractivity contribution >= 4 is 5.91 Å². The van der Waals surface area contributed by atoms with Crippen LogP contribution in [0.2, 0.25) is 0 Å². The monoisotopic (exact) mass is 255 g/mol. The lowest BCUT2D eigenvalue weighted by molar-refractivity contribution is -0.123. The molecule has 1 fully saturated rings. The highest BCUT2D eigenvalue weighted by Crippen LogP contribution is 2.11. The molecule has 3 unspecified atom stereocenters. The summed E-state index contributed by atoms with van der Waals surface area (Å²) in [6, 6.07) is 0.0435. The Morgan fingerprint density at radius 2 is 1.89 bits per heavy atom. The summed E-state index contributed by atoms with van der Waals surface area (Å²) in [6.07, 6.45) is 4.85. The zero-order chi connectivity index (χ0) is 13.5. The summed E-state index contributed by atoms with van der Waals surface area (Å²) in [5, 5.41) is 2.99. The van der Waals surface area contributed by atoms with Gasteiger partial charge in [0.15, 0.2) is 0 Å². The molecule has 0 aromatic carbocycles. The highest BCUT2D eigenvalue weighted by Gasteiger charge is 2.21. The molecule has 0 saturated carbocycles. The van der Waals surface area contributed by atoms with Crippen LogP contribution in [0.1, 0.15) is 46.5 Å². The molecule has 0 radical (unpaired) electrons. The maximum absolute atomic E-state index is 11.9. The lowest BCUT2D eigenvalue weighted by Crippen LogP contribution is -2.49. The predicted octanol–water partition coefficient (Wildman–Crippen LogP) is 1.35. The zero-order valence-electron chi connectivity index (χ0n) is 12.1. The van der Waals surface area contributed by atoms with Crippen molar-refractivity contribution in [2.75, 3.05) is 19.6 Å². The molecule has 1 aliphatic heterocycles. The SMILES string of the molecule is CCC(C)C(N)C(=O)NCC(C)N1CCCCC1.